The van der Waals surface area contributed by atoms with Gasteiger partial charge in [-0.2, -0.15) is 0 Å². The van der Waals surface area contributed by atoms with Gasteiger partial charge in [-0.15, -0.1) is 0 Å². The van der Waals surface area contributed by atoms with Crippen molar-refractivity contribution in [2.75, 3.05) is 59.3 Å². The van der Waals surface area contributed by atoms with Gasteiger partial charge in [-0.1, -0.05) is 35.4 Å². The van der Waals surface area contributed by atoms with Crippen molar-refractivity contribution in [1.82, 2.24) is 4.90 Å². The Labute approximate surface area is 175 Å². The van der Waals surface area contributed by atoms with Crippen LogP contribution < -0.4 is 9.47 Å². The van der Waals surface area contributed by atoms with E-state index in [1.807, 2.05) is 43.3 Å². The normalized spacial score (nSPS) is 14.0. The maximum atomic E-state index is 5.68. The first-order valence-electron chi connectivity index (χ1n) is 10.4. The van der Waals surface area contributed by atoms with Crippen molar-refractivity contribution < 1.29 is 18.9 Å². The molecule has 1 heterocycles. The molecule has 0 N–H and O–H groups in total. The van der Waals surface area contributed by atoms with Gasteiger partial charge >= 0.3 is 0 Å². The Kier molecular flexibility index (Phi) is 11.2. The van der Waals surface area contributed by atoms with Crippen LogP contribution >= 0.6 is 0 Å². The number of hydrogen-bond donors (Lipinski definition) is 0. The Bertz CT molecular complexity index is 652. The summed E-state index contributed by atoms with van der Waals surface area (Å²) in [6.45, 7) is 13.6. The zero-order valence-corrected chi connectivity index (χ0v) is 18.1. The molecule has 0 aromatic heterocycles. The summed E-state index contributed by atoms with van der Waals surface area (Å²) < 4.78 is 21.6. The molecule has 1 saturated heterocycles. The average Bonchev–Trinajstić information content (AvgIpc) is 2.75. The molecule has 0 unspecified atom stereocenters. The number of morpholine rings is 1. The van der Waals surface area contributed by atoms with Crippen LogP contribution in [0.15, 0.2) is 48.5 Å². The molecule has 0 amide bonds. The fourth-order valence-electron chi connectivity index (χ4n) is 2.75. The van der Waals surface area contributed by atoms with Gasteiger partial charge in [0.2, 0.25) is 0 Å². The van der Waals surface area contributed by atoms with Crippen molar-refractivity contribution >= 4 is 0 Å². The Hall–Kier alpha value is -2.08. The lowest BCUT2D eigenvalue weighted by Crippen LogP contribution is -2.38. The fourth-order valence-corrected chi connectivity index (χ4v) is 2.75. The molecule has 2 aromatic rings. The molecular formula is C24H35NO4. The molecule has 1 fully saturated rings. The molecule has 1 aliphatic heterocycles. The molecule has 0 bridgehead atoms. The van der Waals surface area contributed by atoms with Crippen LogP contribution in [0.25, 0.3) is 0 Å². The van der Waals surface area contributed by atoms with Crippen LogP contribution in [-0.4, -0.2) is 64.2 Å². The molecule has 160 valence electrons. The van der Waals surface area contributed by atoms with Crippen LogP contribution in [0.1, 0.15) is 18.1 Å². The van der Waals surface area contributed by atoms with E-state index in [1.165, 1.54) is 11.1 Å². The van der Waals surface area contributed by atoms with Gasteiger partial charge in [0.25, 0.3) is 0 Å². The Morgan fingerprint density at radius 1 is 0.759 bits per heavy atom. The minimum atomic E-state index is 0.622. The second-order valence-corrected chi connectivity index (χ2v) is 6.97. The number of benzene rings is 2. The largest absolute Gasteiger partial charge is 0.492 e. The number of nitrogens with zero attached hydrogens (tertiary/aromatic N) is 1. The average molecular weight is 402 g/mol. The van der Waals surface area contributed by atoms with Crippen LogP contribution in [0.5, 0.6) is 11.5 Å². The lowest BCUT2D eigenvalue weighted by atomic mass is 10.2. The number of aryl methyl sites for hydroxylation is 2. The highest BCUT2D eigenvalue weighted by atomic mass is 16.5. The number of hydrogen-bond acceptors (Lipinski definition) is 5. The molecule has 0 radical (unpaired) electrons. The number of rotatable bonds is 9. The first-order chi connectivity index (χ1) is 14.2. The van der Waals surface area contributed by atoms with Gasteiger partial charge in [0, 0.05) is 26.2 Å². The molecule has 29 heavy (non-hydrogen) atoms. The first kappa shape index (κ1) is 23.2. The first-order valence-corrected chi connectivity index (χ1v) is 10.4. The summed E-state index contributed by atoms with van der Waals surface area (Å²) in [7, 11) is 0. The van der Waals surface area contributed by atoms with E-state index in [0.29, 0.717) is 13.2 Å². The summed E-state index contributed by atoms with van der Waals surface area (Å²) in [5.74, 6) is 1.86. The molecule has 0 aliphatic carbocycles. The fraction of sp³-hybridized carbons (Fsp3) is 0.500. The van der Waals surface area contributed by atoms with Crippen molar-refractivity contribution in [2.24, 2.45) is 0 Å². The van der Waals surface area contributed by atoms with Gasteiger partial charge in [0.05, 0.1) is 19.8 Å². The Morgan fingerprint density at radius 3 is 1.79 bits per heavy atom. The van der Waals surface area contributed by atoms with Crippen LogP contribution in [0.3, 0.4) is 0 Å². The van der Waals surface area contributed by atoms with Crippen molar-refractivity contribution in [3.05, 3.63) is 59.7 Å². The van der Waals surface area contributed by atoms with E-state index < -0.39 is 0 Å². The molecule has 2 aromatic carbocycles. The summed E-state index contributed by atoms with van der Waals surface area (Å²) in [6.07, 6.45) is 0. The summed E-state index contributed by atoms with van der Waals surface area (Å²) in [6, 6.07) is 16.2. The number of ether oxygens (including phenoxy) is 4. The molecule has 1 aliphatic rings. The van der Waals surface area contributed by atoms with Gasteiger partial charge in [-0.25, -0.2) is 0 Å². The van der Waals surface area contributed by atoms with Crippen LogP contribution in [0, 0.1) is 13.8 Å². The van der Waals surface area contributed by atoms with Crippen molar-refractivity contribution in [1.29, 1.82) is 0 Å². The molecule has 3 rings (SSSR count). The van der Waals surface area contributed by atoms with Crippen molar-refractivity contribution in [3.63, 3.8) is 0 Å². The van der Waals surface area contributed by atoms with E-state index in [4.69, 9.17) is 18.9 Å². The molecule has 0 saturated carbocycles. The summed E-state index contributed by atoms with van der Waals surface area (Å²) in [5, 5.41) is 0. The molecular weight excluding hydrogens is 366 g/mol. The topological polar surface area (TPSA) is 40.2 Å². The predicted octanol–water partition coefficient (Wildman–Crippen LogP) is 4.12. The molecule has 5 nitrogen and oxygen atoms in total. The maximum absolute atomic E-state index is 5.68. The third-order valence-electron chi connectivity index (χ3n) is 4.52. The van der Waals surface area contributed by atoms with Gasteiger partial charge < -0.3 is 18.9 Å². The lowest BCUT2D eigenvalue weighted by Gasteiger charge is -2.26. The predicted molar refractivity (Wildman–Crippen MR) is 117 cm³/mol. The molecule has 0 atom stereocenters. The highest BCUT2D eigenvalue weighted by molar-refractivity contribution is 5.26. The maximum Gasteiger partial charge on any atom is 0.119 e. The van der Waals surface area contributed by atoms with E-state index >= 15 is 0 Å². The SMILES string of the molecule is CCOCCOc1ccc(C)cc1.Cc1ccc(OCCN2CCOCC2)cc1. The van der Waals surface area contributed by atoms with Gasteiger partial charge in [0.1, 0.15) is 24.7 Å². The zero-order valence-electron chi connectivity index (χ0n) is 18.1. The van der Waals surface area contributed by atoms with E-state index in [0.717, 1.165) is 57.6 Å². The third kappa shape index (κ3) is 10.3. The van der Waals surface area contributed by atoms with Gasteiger partial charge in [0.15, 0.2) is 0 Å². The Morgan fingerprint density at radius 2 is 1.28 bits per heavy atom. The highest BCUT2D eigenvalue weighted by Gasteiger charge is 2.09. The van der Waals surface area contributed by atoms with Crippen LogP contribution in [0.2, 0.25) is 0 Å². The third-order valence-corrected chi connectivity index (χ3v) is 4.52. The van der Waals surface area contributed by atoms with E-state index in [-0.39, 0.29) is 0 Å². The molecule has 0 spiro atoms. The monoisotopic (exact) mass is 401 g/mol. The summed E-state index contributed by atoms with van der Waals surface area (Å²) >= 11 is 0. The zero-order chi connectivity index (χ0) is 20.7. The van der Waals surface area contributed by atoms with Crippen molar-refractivity contribution in [3.8, 4) is 11.5 Å². The van der Waals surface area contributed by atoms with Crippen LogP contribution in [0.4, 0.5) is 0 Å². The van der Waals surface area contributed by atoms with E-state index in [2.05, 4.69) is 30.9 Å². The summed E-state index contributed by atoms with van der Waals surface area (Å²) in [4.78, 5) is 2.37. The quantitative estimate of drug-likeness (QED) is 0.591. The van der Waals surface area contributed by atoms with Crippen LogP contribution in [-0.2, 0) is 9.47 Å². The minimum absolute atomic E-state index is 0.622. The second kappa shape index (κ2) is 14.0. The highest BCUT2D eigenvalue weighted by Crippen LogP contribution is 2.12. The van der Waals surface area contributed by atoms with Crippen molar-refractivity contribution in [2.45, 2.75) is 20.8 Å². The minimum Gasteiger partial charge on any atom is -0.492 e. The van der Waals surface area contributed by atoms with E-state index in [1.54, 1.807) is 0 Å². The Balaban J connectivity index is 0.000000212. The standard InChI is InChI=1S/C13H19NO2.C11H16O2/c1-12-2-4-13(5-3-12)16-11-8-14-6-9-15-10-7-14;1-3-12-8-9-13-11-6-4-10(2)5-7-11/h2-5H,6-11H2,1H3;4-7H,3,8-9H2,1-2H3. The molecule has 5 heteroatoms. The van der Waals surface area contributed by atoms with E-state index in [9.17, 15) is 0 Å². The smallest absolute Gasteiger partial charge is 0.119 e. The second-order valence-electron chi connectivity index (χ2n) is 6.97. The van der Waals surface area contributed by atoms with Gasteiger partial charge in [-0.3, -0.25) is 4.90 Å². The van der Waals surface area contributed by atoms with Gasteiger partial charge in [-0.05, 0) is 45.0 Å². The lowest BCUT2D eigenvalue weighted by molar-refractivity contribution is 0.0322. The summed E-state index contributed by atoms with van der Waals surface area (Å²) in [5.41, 5.74) is 2.51.